The van der Waals surface area contributed by atoms with E-state index >= 15 is 0 Å². The normalized spacial score (nSPS) is 11.6. The third kappa shape index (κ3) is 4.31. The molecule has 3 rings (SSSR count). The van der Waals surface area contributed by atoms with Crippen molar-refractivity contribution in [1.82, 2.24) is 9.71 Å². The first-order valence-electron chi connectivity index (χ1n) is 7.71. The summed E-state index contributed by atoms with van der Waals surface area (Å²) in [6.07, 6.45) is 0.489. The van der Waals surface area contributed by atoms with Gasteiger partial charge in [-0.1, -0.05) is 18.2 Å². The monoisotopic (exact) mass is 376 g/mol. The Morgan fingerprint density at radius 1 is 1.12 bits per heavy atom. The van der Waals surface area contributed by atoms with E-state index in [0.29, 0.717) is 16.9 Å². The van der Waals surface area contributed by atoms with Crippen molar-refractivity contribution in [2.24, 2.45) is 0 Å². The number of rotatable bonds is 6. The number of halogens is 1. The fourth-order valence-corrected chi connectivity index (χ4v) is 4.53. The molecule has 0 radical (unpaired) electrons. The predicted molar refractivity (Wildman–Crippen MR) is 97.6 cm³/mol. The number of hydrogen-bond acceptors (Lipinski definition) is 4. The average Bonchev–Trinajstić information content (AvgIpc) is 3.04. The lowest BCUT2D eigenvalue weighted by atomic mass is 10.2. The van der Waals surface area contributed by atoms with E-state index in [1.165, 1.54) is 23.5 Å². The van der Waals surface area contributed by atoms with Crippen molar-refractivity contribution in [3.05, 3.63) is 71.0 Å². The Bertz CT molecular complexity index is 967. The molecule has 0 aliphatic carbocycles. The Labute approximate surface area is 150 Å². The first kappa shape index (κ1) is 17.7. The highest BCUT2D eigenvalue weighted by molar-refractivity contribution is 7.89. The first-order valence-corrected chi connectivity index (χ1v) is 10.1. The molecule has 4 nitrogen and oxygen atoms in total. The van der Waals surface area contributed by atoms with Crippen LogP contribution in [-0.4, -0.2) is 19.9 Å². The van der Waals surface area contributed by atoms with Crippen LogP contribution in [0.25, 0.3) is 10.6 Å². The zero-order chi connectivity index (χ0) is 17.9. The Balaban J connectivity index is 1.63. The zero-order valence-corrected chi connectivity index (χ0v) is 15.2. The fraction of sp³-hybridized carbons (Fsp3) is 0.167. The molecule has 0 spiro atoms. The lowest BCUT2D eigenvalue weighted by Gasteiger charge is -2.08. The van der Waals surface area contributed by atoms with Crippen molar-refractivity contribution in [2.45, 2.75) is 18.2 Å². The van der Waals surface area contributed by atoms with Gasteiger partial charge in [0.2, 0.25) is 10.0 Å². The third-order valence-corrected chi connectivity index (χ3v) is 6.26. The summed E-state index contributed by atoms with van der Waals surface area (Å²) in [7, 11) is -3.53. The predicted octanol–water partition coefficient (Wildman–Crippen LogP) is 3.78. The minimum atomic E-state index is -3.53. The fourth-order valence-electron chi connectivity index (χ4n) is 2.40. The Kier molecular flexibility index (Phi) is 5.27. The average molecular weight is 376 g/mol. The second-order valence-electron chi connectivity index (χ2n) is 5.56. The molecule has 0 saturated carbocycles. The molecule has 1 N–H and O–H groups in total. The summed E-state index contributed by atoms with van der Waals surface area (Å²) < 4.78 is 40.3. The van der Waals surface area contributed by atoms with Gasteiger partial charge >= 0.3 is 0 Å². The molecule has 0 saturated heterocycles. The quantitative estimate of drug-likeness (QED) is 0.712. The van der Waals surface area contributed by atoms with Gasteiger partial charge in [0.25, 0.3) is 0 Å². The van der Waals surface area contributed by atoms with Crippen molar-refractivity contribution in [3.63, 3.8) is 0 Å². The standard InChI is InChI=1S/C18H17FN2O2S2/c1-13-4-2-3-5-17(13)25(22,23)20-11-10-16-12-24-18(21-16)14-6-8-15(19)9-7-14/h2-9,12,20H,10-11H2,1H3. The molecule has 0 atom stereocenters. The third-order valence-electron chi connectivity index (χ3n) is 3.70. The topological polar surface area (TPSA) is 59.1 Å². The van der Waals surface area contributed by atoms with Gasteiger partial charge in [-0.15, -0.1) is 11.3 Å². The van der Waals surface area contributed by atoms with Crippen molar-refractivity contribution in [3.8, 4) is 10.6 Å². The Hall–Kier alpha value is -2.09. The van der Waals surface area contributed by atoms with E-state index in [1.807, 2.05) is 5.38 Å². The molecule has 0 fully saturated rings. The van der Waals surface area contributed by atoms with E-state index in [9.17, 15) is 12.8 Å². The van der Waals surface area contributed by atoms with Crippen LogP contribution in [0.2, 0.25) is 0 Å². The number of hydrogen-bond donors (Lipinski definition) is 1. The molecule has 0 bridgehead atoms. The van der Waals surface area contributed by atoms with Crippen LogP contribution in [-0.2, 0) is 16.4 Å². The number of aromatic nitrogens is 1. The maximum Gasteiger partial charge on any atom is 0.240 e. The molecule has 2 aromatic carbocycles. The van der Waals surface area contributed by atoms with Gasteiger partial charge in [-0.3, -0.25) is 0 Å². The minimum Gasteiger partial charge on any atom is -0.241 e. The van der Waals surface area contributed by atoms with Crippen LogP contribution in [0.4, 0.5) is 4.39 Å². The van der Waals surface area contributed by atoms with E-state index < -0.39 is 10.0 Å². The summed E-state index contributed by atoms with van der Waals surface area (Å²) in [5, 5.41) is 2.68. The highest BCUT2D eigenvalue weighted by Crippen LogP contribution is 2.24. The van der Waals surface area contributed by atoms with Crippen LogP contribution in [0.3, 0.4) is 0 Å². The molecule has 130 valence electrons. The second-order valence-corrected chi connectivity index (χ2v) is 8.16. The van der Waals surface area contributed by atoms with Crippen molar-refractivity contribution >= 4 is 21.4 Å². The highest BCUT2D eigenvalue weighted by Gasteiger charge is 2.15. The molecule has 1 aromatic heterocycles. The van der Waals surface area contributed by atoms with Crippen molar-refractivity contribution in [1.29, 1.82) is 0 Å². The van der Waals surface area contributed by atoms with Gasteiger partial charge in [0.15, 0.2) is 0 Å². The molecular weight excluding hydrogens is 359 g/mol. The van der Waals surface area contributed by atoms with Gasteiger partial charge in [-0.25, -0.2) is 22.5 Å². The zero-order valence-electron chi connectivity index (χ0n) is 13.6. The Morgan fingerprint density at radius 3 is 2.56 bits per heavy atom. The number of sulfonamides is 1. The smallest absolute Gasteiger partial charge is 0.240 e. The molecule has 25 heavy (non-hydrogen) atoms. The maximum atomic E-state index is 13.0. The van der Waals surface area contributed by atoms with Crippen molar-refractivity contribution in [2.75, 3.05) is 6.54 Å². The maximum absolute atomic E-state index is 13.0. The molecule has 0 aliphatic rings. The molecule has 0 amide bonds. The van der Waals surface area contributed by atoms with E-state index in [2.05, 4.69) is 9.71 Å². The van der Waals surface area contributed by atoms with Crippen molar-refractivity contribution < 1.29 is 12.8 Å². The summed E-state index contributed by atoms with van der Waals surface area (Å²) in [5.74, 6) is -0.286. The molecule has 7 heteroatoms. The summed E-state index contributed by atoms with van der Waals surface area (Å²) >= 11 is 1.45. The van der Waals surface area contributed by atoms with E-state index in [0.717, 1.165) is 16.3 Å². The van der Waals surface area contributed by atoms with Gasteiger partial charge < -0.3 is 0 Å². The van der Waals surface area contributed by atoms with Gasteiger partial charge in [-0.05, 0) is 42.8 Å². The number of nitrogens with zero attached hydrogens (tertiary/aromatic N) is 1. The number of thiazole rings is 1. The molecule has 0 unspecified atom stereocenters. The van der Waals surface area contributed by atoms with Gasteiger partial charge in [0, 0.05) is 23.9 Å². The summed E-state index contributed by atoms with van der Waals surface area (Å²) in [5.41, 5.74) is 2.36. The van der Waals surface area contributed by atoms with Crippen LogP contribution >= 0.6 is 11.3 Å². The van der Waals surface area contributed by atoms with E-state index in [1.54, 1.807) is 43.3 Å². The number of benzene rings is 2. The Morgan fingerprint density at radius 2 is 1.84 bits per heavy atom. The van der Waals surface area contributed by atoms with E-state index in [-0.39, 0.29) is 12.4 Å². The van der Waals surface area contributed by atoms with Gasteiger partial charge in [0.05, 0.1) is 10.6 Å². The molecular formula is C18H17FN2O2S2. The molecule has 3 aromatic rings. The largest absolute Gasteiger partial charge is 0.241 e. The lowest BCUT2D eigenvalue weighted by molar-refractivity contribution is 0.581. The van der Waals surface area contributed by atoms with Gasteiger partial charge in [0.1, 0.15) is 10.8 Å². The SMILES string of the molecule is Cc1ccccc1S(=O)(=O)NCCc1csc(-c2ccc(F)cc2)n1. The number of nitrogens with one attached hydrogen (secondary N) is 1. The van der Waals surface area contributed by atoms with Gasteiger partial charge in [-0.2, -0.15) is 0 Å². The molecule has 1 heterocycles. The van der Waals surface area contributed by atoms with Crippen LogP contribution in [0, 0.1) is 12.7 Å². The number of aryl methyl sites for hydroxylation is 1. The van der Waals surface area contributed by atoms with Crippen LogP contribution in [0.5, 0.6) is 0 Å². The minimum absolute atomic E-state index is 0.267. The summed E-state index contributed by atoms with van der Waals surface area (Å²) in [6, 6.07) is 13.0. The highest BCUT2D eigenvalue weighted by atomic mass is 32.2. The summed E-state index contributed by atoms with van der Waals surface area (Å²) in [6.45, 7) is 2.03. The van der Waals surface area contributed by atoms with Crippen LogP contribution < -0.4 is 4.72 Å². The molecule has 0 aliphatic heterocycles. The summed E-state index contributed by atoms with van der Waals surface area (Å²) in [4.78, 5) is 4.77. The van der Waals surface area contributed by atoms with Crippen LogP contribution in [0.1, 0.15) is 11.3 Å². The van der Waals surface area contributed by atoms with E-state index in [4.69, 9.17) is 0 Å². The first-order chi connectivity index (χ1) is 12.0. The lowest BCUT2D eigenvalue weighted by Crippen LogP contribution is -2.26. The van der Waals surface area contributed by atoms with Crippen LogP contribution in [0.15, 0.2) is 58.8 Å². The second kappa shape index (κ2) is 7.43.